The Kier molecular flexibility index (Phi) is 4.86. The Morgan fingerprint density at radius 2 is 2.26 bits per heavy atom. The van der Waals surface area contributed by atoms with Crippen molar-refractivity contribution < 1.29 is 28.8 Å². The number of amides is 3. The molecule has 1 aromatic heterocycles. The highest BCUT2D eigenvalue weighted by molar-refractivity contribution is 5.97. The van der Waals surface area contributed by atoms with E-state index >= 15 is 0 Å². The molecule has 1 fully saturated rings. The second-order valence-corrected chi connectivity index (χ2v) is 4.11. The van der Waals surface area contributed by atoms with Crippen molar-refractivity contribution in [3.8, 4) is 0 Å². The lowest BCUT2D eigenvalue weighted by Crippen LogP contribution is -2.20. The first-order valence-corrected chi connectivity index (χ1v) is 6.22. The van der Waals surface area contributed by atoms with Gasteiger partial charge < -0.3 is 19.6 Å². The molecule has 12 heteroatoms. The third-order valence-corrected chi connectivity index (χ3v) is 2.46. The number of urea groups is 1. The predicted molar refractivity (Wildman–Crippen MR) is 74.5 cm³/mol. The van der Waals surface area contributed by atoms with Gasteiger partial charge >= 0.3 is 18.0 Å². The van der Waals surface area contributed by atoms with Crippen LogP contribution < -0.4 is 5.32 Å². The van der Waals surface area contributed by atoms with Gasteiger partial charge in [-0.25, -0.2) is 14.6 Å². The van der Waals surface area contributed by atoms with E-state index in [9.17, 15) is 19.7 Å². The van der Waals surface area contributed by atoms with Crippen LogP contribution >= 0.6 is 0 Å². The molecule has 0 atom stereocenters. The van der Waals surface area contributed by atoms with Gasteiger partial charge in [0.25, 0.3) is 0 Å². The third-order valence-electron chi connectivity index (χ3n) is 2.46. The summed E-state index contributed by atoms with van der Waals surface area (Å²) in [5.41, 5.74) is 0. The lowest BCUT2D eigenvalue weighted by Gasteiger charge is -2.03. The number of alkyl carbamates (subject to hydrolysis) is 1. The fraction of sp³-hybridized carbons (Fsp3) is 0.273. The standard InChI is InChI=1S/C8H6N4O5.C3H5NO2/c13-6-4-11(8(14)10-6)9-3-5-1-2-7(17-5)12(15)16;5-3-4-1-2-6-3/h1-3H,4H2,(H,10,13,14);1-2H2,(H,4,5)/b9-3+;. The molecular weight excluding hydrogens is 314 g/mol. The number of nitrogens with one attached hydrogen (secondary N) is 1. The van der Waals surface area contributed by atoms with Crippen LogP contribution in [0.2, 0.25) is 0 Å². The van der Waals surface area contributed by atoms with E-state index in [0.717, 1.165) is 11.2 Å². The molecule has 0 aromatic carbocycles. The predicted octanol–water partition coefficient (Wildman–Crippen LogP) is 0.640. The number of nitrogens with zero attached hydrogens (tertiary/aromatic N) is 4. The Morgan fingerprint density at radius 1 is 1.48 bits per heavy atom. The van der Waals surface area contributed by atoms with Gasteiger partial charge in [0.05, 0.1) is 18.8 Å². The largest absolute Gasteiger partial charge is 0.495 e. The number of aliphatic hydroxyl groups excluding tert-OH is 1. The van der Waals surface area contributed by atoms with Crippen LogP contribution in [-0.2, 0) is 4.74 Å². The van der Waals surface area contributed by atoms with Gasteiger partial charge in [0.2, 0.25) is 5.90 Å². The van der Waals surface area contributed by atoms with Gasteiger partial charge in [0.1, 0.15) is 18.1 Å². The average Bonchev–Trinajstić information content (AvgIpc) is 3.19. The number of hydrogen-bond acceptors (Lipinski definition) is 7. The van der Waals surface area contributed by atoms with Crippen LogP contribution in [0.3, 0.4) is 0 Å². The summed E-state index contributed by atoms with van der Waals surface area (Å²) in [6.07, 6.45) is 0.828. The number of aliphatic imine (C=N–C) groups is 1. The minimum atomic E-state index is -0.709. The first-order valence-electron chi connectivity index (χ1n) is 6.22. The summed E-state index contributed by atoms with van der Waals surface area (Å²) in [7, 11) is 0. The van der Waals surface area contributed by atoms with Crippen molar-refractivity contribution in [2.24, 2.45) is 10.1 Å². The maximum Gasteiger partial charge on any atom is 0.433 e. The van der Waals surface area contributed by atoms with E-state index in [1.807, 2.05) is 0 Å². The number of carbonyl (C=O) groups is 2. The molecule has 0 aliphatic carbocycles. The maximum absolute atomic E-state index is 11.0. The molecule has 3 rings (SSSR count). The molecule has 0 radical (unpaired) electrons. The Bertz CT molecular complexity index is 672. The summed E-state index contributed by atoms with van der Waals surface area (Å²) in [5, 5.41) is 26.3. The van der Waals surface area contributed by atoms with E-state index in [2.05, 4.69) is 20.1 Å². The highest BCUT2D eigenvalue weighted by Crippen LogP contribution is 2.14. The molecule has 0 saturated carbocycles. The molecule has 1 aromatic rings. The number of hydrazone groups is 1. The molecule has 2 aliphatic heterocycles. The number of ether oxygens (including phenoxy) is 1. The van der Waals surface area contributed by atoms with E-state index in [1.165, 1.54) is 12.1 Å². The number of carbonyl (C=O) groups excluding carboxylic acids is 2. The maximum atomic E-state index is 11.0. The average molecular weight is 325 g/mol. The molecular formula is C11H11N5O7. The van der Waals surface area contributed by atoms with Gasteiger partial charge in [-0.1, -0.05) is 0 Å². The van der Waals surface area contributed by atoms with E-state index in [0.29, 0.717) is 13.2 Å². The van der Waals surface area contributed by atoms with Crippen molar-refractivity contribution in [3.63, 3.8) is 0 Å². The van der Waals surface area contributed by atoms with Crippen LogP contribution in [0.5, 0.6) is 0 Å². The van der Waals surface area contributed by atoms with Crippen molar-refractivity contribution in [1.29, 1.82) is 0 Å². The van der Waals surface area contributed by atoms with Crippen LogP contribution in [0.25, 0.3) is 0 Å². The summed E-state index contributed by atoms with van der Waals surface area (Å²) < 4.78 is 9.18. The summed E-state index contributed by atoms with van der Waals surface area (Å²) in [6, 6.07) is 1.80. The molecule has 12 nitrogen and oxygen atoms in total. The minimum absolute atomic E-state index is 0.121. The first-order chi connectivity index (χ1) is 11.0. The number of furan rings is 1. The van der Waals surface area contributed by atoms with E-state index in [4.69, 9.17) is 9.52 Å². The zero-order valence-electron chi connectivity index (χ0n) is 11.5. The summed E-state index contributed by atoms with van der Waals surface area (Å²) in [6.45, 7) is 1.07. The van der Waals surface area contributed by atoms with Crippen molar-refractivity contribution in [1.82, 2.24) is 10.3 Å². The Hall–Kier alpha value is -3.44. The van der Waals surface area contributed by atoms with Crippen LogP contribution in [0.15, 0.2) is 26.6 Å². The number of hydrogen-bond donors (Lipinski definition) is 2. The first kappa shape index (κ1) is 15.9. The molecule has 1 saturated heterocycles. The van der Waals surface area contributed by atoms with E-state index in [-0.39, 0.29) is 24.3 Å². The van der Waals surface area contributed by atoms with Crippen molar-refractivity contribution >= 4 is 30.1 Å². The van der Waals surface area contributed by atoms with Gasteiger partial charge in [-0.15, -0.1) is 0 Å². The van der Waals surface area contributed by atoms with E-state index < -0.39 is 16.8 Å². The second kappa shape index (κ2) is 7.02. The molecule has 2 aliphatic rings. The summed E-state index contributed by atoms with van der Waals surface area (Å²) in [5.74, 6) is -0.633. The van der Waals surface area contributed by atoms with Gasteiger partial charge in [-0.05, 0) is 6.07 Å². The van der Waals surface area contributed by atoms with Crippen LogP contribution in [-0.4, -0.2) is 59.0 Å². The SMILES string of the molecule is O=C1N=C(O)CN1/N=C/c1ccc([N+](=O)[O-])o1.O=C1NCCO1. The quantitative estimate of drug-likeness (QED) is 0.468. The molecule has 2 N–H and O–H groups in total. The minimum Gasteiger partial charge on any atom is -0.495 e. The number of rotatable bonds is 3. The molecule has 122 valence electrons. The number of nitro groups is 1. The Labute approximate surface area is 128 Å². The fourth-order valence-electron chi connectivity index (χ4n) is 1.48. The van der Waals surface area contributed by atoms with Crippen molar-refractivity contribution in [2.75, 3.05) is 19.7 Å². The Morgan fingerprint density at radius 3 is 2.70 bits per heavy atom. The van der Waals surface area contributed by atoms with Gasteiger partial charge in [0.15, 0.2) is 5.76 Å². The van der Waals surface area contributed by atoms with Crippen LogP contribution in [0.1, 0.15) is 5.76 Å². The smallest absolute Gasteiger partial charge is 0.433 e. The lowest BCUT2D eigenvalue weighted by atomic mass is 10.5. The normalized spacial score (nSPS) is 16.7. The third kappa shape index (κ3) is 4.52. The molecule has 0 bridgehead atoms. The molecule has 3 heterocycles. The second-order valence-electron chi connectivity index (χ2n) is 4.11. The highest BCUT2D eigenvalue weighted by atomic mass is 16.6. The lowest BCUT2D eigenvalue weighted by molar-refractivity contribution is -0.402. The molecule has 0 spiro atoms. The zero-order valence-corrected chi connectivity index (χ0v) is 11.5. The monoisotopic (exact) mass is 325 g/mol. The zero-order chi connectivity index (χ0) is 16.8. The molecule has 23 heavy (non-hydrogen) atoms. The van der Waals surface area contributed by atoms with Gasteiger partial charge in [-0.3, -0.25) is 10.1 Å². The van der Waals surface area contributed by atoms with Gasteiger partial charge in [-0.2, -0.15) is 10.1 Å². The summed E-state index contributed by atoms with van der Waals surface area (Å²) in [4.78, 5) is 33.8. The van der Waals surface area contributed by atoms with E-state index in [1.54, 1.807) is 0 Å². The summed E-state index contributed by atoms with van der Waals surface area (Å²) >= 11 is 0. The fourth-order valence-corrected chi connectivity index (χ4v) is 1.48. The van der Waals surface area contributed by atoms with Crippen LogP contribution in [0.4, 0.5) is 15.5 Å². The molecule has 3 amide bonds. The Balaban J connectivity index is 0.000000268. The molecule has 0 unspecified atom stereocenters. The van der Waals surface area contributed by atoms with Crippen molar-refractivity contribution in [2.45, 2.75) is 0 Å². The topological polar surface area (TPSA) is 160 Å². The highest BCUT2D eigenvalue weighted by Gasteiger charge is 2.22. The number of aliphatic hydroxyl groups is 1. The van der Waals surface area contributed by atoms with Gasteiger partial charge in [0, 0.05) is 0 Å². The van der Waals surface area contributed by atoms with Crippen molar-refractivity contribution in [3.05, 3.63) is 28.0 Å². The number of cyclic esters (lactones) is 1. The van der Waals surface area contributed by atoms with Crippen LogP contribution in [0, 0.1) is 10.1 Å².